The topological polar surface area (TPSA) is 77.5 Å². The van der Waals surface area contributed by atoms with Gasteiger partial charge in [0.1, 0.15) is 5.75 Å². The van der Waals surface area contributed by atoms with Crippen molar-refractivity contribution in [2.45, 2.75) is 20.0 Å². The van der Waals surface area contributed by atoms with Crippen LogP contribution in [0.5, 0.6) is 5.75 Å². The van der Waals surface area contributed by atoms with Crippen molar-refractivity contribution in [1.29, 1.82) is 0 Å². The van der Waals surface area contributed by atoms with Gasteiger partial charge < -0.3 is 20.1 Å². The standard InChI is InChI=1S/C23H22N2O3/c1-15-6-2-3-7-17(15)13-25-18-9-4-8-16(12-24)22(18)23-19(25)10-5-11-20(23)28-14-21(26)27/h2-11H,12-14,24H2,1H3,(H,26,27). The van der Waals surface area contributed by atoms with Gasteiger partial charge in [0.05, 0.1) is 5.52 Å². The number of aliphatic carboxylic acids is 1. The molecule has 4 aromatic rings. The molecule has 0 amide bonds. The van der Waals surface area contributed by atoms with E-state index in [4.69, 9.17) is 15.6 Å². The van der Waals surface area contributed by atoms with Crippen LogP contribution in [-0.2, 0) is 17.9 Å². The summed E-state index contributed by atoms with van der Waals surface area (Å²) in [7, 11) is 0. The second-order valence-corrected chi connectivity index (χ2v) is 6.86. The Kier molecular flexibility index (Phi) is 4.75. The first-order valence-electron chi connectivity index (χ1n) is 9.22. The molecule has 0 aliphatic carbocycles. The number of nitrogens with two attached hydrogens (primary N) is 1. The van der Waals surface area contributed by atoms with Gasteiger partial charge in [0, 0.05) is 29.4 Å². The van der Waals surface area contributed by atoms with E-state index in [-0.39, 0.29) is 6.61 Å². The molecule has 5 nitrogen and oxygen atoms in total. The third-order valence-electron chi connectivity index (χ3n) is 5.13. The Morgan fingerprint density at radius 1 is 0.964 bits per heavy atom. The SMILES string of the molecule is Cc1ccccc1Cn1c2cccc(CN)c2c2c(OCC(=O)O)cccc21. The number of rotatable bonds is 6. The Bertz CT molecular complexity index is 1180. The fourth-order valence-corrected chi connectivity index (χ4v) is 3.78. The van der Waals surface area contributed by atoms with Gasteiger partial charge in [0.15, 0.2) is 6.61 Å². The van der Waals surface area contributed by atoms with E-state index in [0.29, 0.717) is 18.8 Å². The van der Waals surface area contributed by atoms with Gasteiger partial charge in [0.2, 0.25) is 0 Å². The lowest BCUT2D eigenvalue weighted by atomic mass is 10.1. The lowest BCUT2D eigenvalue weighted by Gasteiger charge is -2.11. The van der Waals surface area contributed by atoms with Crippen LogP contribution < -0.4 is 10.5 Å². The summed E-state index contributed by atoms with van der Waals surface area (Å²) in [6.07, 6.45) is 0. The van der Waals surface area contributed by atoms with Crippen LogP contribution in [0.25, 0.3) is 21.8 Å². The van der Waals surface area contributed by atoms with E-state index in [1.807, 2.05) is 42.5 Å². The molecule has 1 aromatic heterocycles. The van der Waals surface area contributed by atoms with E-state index in [2.05, 4.69) is 29.7 Å². The predicted molar refractivity (Wildman–Crippen MR) is 111 cm³/mol. The van der Waals surface area contributed by atoms with Crippen LogP contribution >= 0.6 is 0 Å². The van der Waals surface area contributed by atoms with E-state index in [0.717, 1.165) is 27.4 Å². The van der Waals surface area contributed by atoms with Crippen molar-refractivity contribution >= 4 is 27.8 Å². The van der Waals surface area contributed by atoms with Crippen LogP contribution in [-0.4, -0.2) is 22.2 Å². The normalized spacial score (nSPS) is 11.2. The molecule has 0 saturated carbocycles. The van der Waals surface area contributed by atoms with Crippen LogP contribution in [0.4, 0.5) is 0 Å². The van der Waals surface area contributed by atoms with Crippen molar-refractivity contribution in [3.63, 3.8) is 0 Å². The molecule has 0 aliphatic heterocycles. The molecule has 142 valence electrons. The Labute approximate surface area is 163 Å². The van der Waals surface area contributed by atoms with E-state index < -0.39 is 5.97 Å². The molecule has 4 rings (SSSR count). The molecule has 0 bridgehead atoms. The smallest absolute Gasteiger partial charge is 0.341 e. The van der Waals surface area contributed by atoms with Crippen molar-refractivity contribution in [3.8, 4) is 5.75 Å². The molecule has 3 aromatic carbocycles. The summed E-state index contributed by atoms with van der Waals surface area (Å²) in [5, 5.41) is 11.0. The van der Waals surface area contributed by atoms with Gasteiger partial charge in [-0.05, 0) is 41.8 Å². The molecule has 0 spiro atoms. The highest BCUT2D eigenvalue weighted by Gasteiger charge is 2.18. The lowest BCUT2D eigenvalue weighted by Crippen LogP contribution is -2.09. The maximum absolute atomic E-state index is 11.0. The number of hydrogen-bond acceptors (Lipinski definition) is 3. The van der Waals surface area contributed by atoms with Gasteiger partial charge in [-0.25, -0.2) is 4.79 Å². The van der Waals surface area contributed by atoms with E-state index in [1.165, 1.54) is 11.1 Å². The molecule has 0 saturated heterocycles. The predicted octanol–water partition coefficient (Wildman–Crippen LogP) is 4.07. The minimum Gasteiger partial charge on any atom is -0.481 e. The number of aryl methyl sites for hydroxylation is 1. The zero-order chi connectivity index (χ0) is 19.7. The van der Waals surface area contributed by atoms with Gasteiger partial charge in [-0.2, -0.15) is 0 Å². The third-order valence-corrected chi connectivity index (χ3v) is 5.13. The number of fused-ring (bicyclic) bond motifs is 3. The van der Waals surface area contributed by atoms with Crippen LogP contribution in [0.2, 0.25) is 0 Å². The summed E-state index contributed by atoms with van der Waals surface area (Å²) in [6.45, 7) is 2.83. The molecule has 0 unspecified atom stereocenters. The molecule has 0 aliphatic rings. The second-order valence-electron chi connectivity index (χ2n) is 6.86. The third kappa shape index (κ3) is 3.10. The Morgan fingerprint density at radius 2 is 1.64 bits per heavy atom. The summed E-state index contributed by atoms with van der Waals surface area (Å²) in [6, 6.07) is 20.2. The highest BCUT2D eigenvalue weighted by molar-refractivity contribution is 6.12. The lowest BCUT2D eigenvalue weighted by molar-refractivity contribution is -0.139. The summed E-state index contributed by atoms with van der Waals surface area (Å²) in [5.74, 6) is -0.436. The Hall–Kier alpha value is -3.31. The fourth-order valence-electron chi connectivity index (χ4n) is 3.78. The second kappa shape index (κ2) is 7.37. The molecule has 1 heterocycles. The quantitative estimate of drug-likeness (QED) is 0.533. The van der Waals surface area contributed by atoms with Crippen molar-refractivity contribution in [1.82, 2.24) is 4.57 Å². The first kappa shape index (κ1) is 18.1. The van der Waals surface area contributed by atoms with E-state index >= 15 is 0 Å². The van der Waals surface area contributed by atoms with E-state index in [1.54, 1.807) is 0 Å². The van der Waals surface area contributed by atoms with Crippen LogP contribution in [0.1, 0.15) is 16.7 Å². The maximum atomic E-state index is 11.0. The van der Waals surface area contributed by atoms with E-state index in [9.17, 15) is 4.79 Å². The maximum Gasteiger partial charge on any atom is 0.341 e. The minimum absolute atomic E-state index is 0.381. The molecular weight excluding hydrogens is 352 g/mol. The highest BCUT2D eigenvalue weighted by atomic mass is 16.5. The molecule has 0 fully saturated rings. The Balaban J connectivity index is 2.00. The molecule has 5 heteroatoms. The number of benzene rings is 3. The zero-order valence-electron chi connectivity index (χ0n) is 15.7. The van der Waals surface area contributed by atoms with Crippen molar-refractivity contribution in [2.24, 2.45) is 5.73 Å². The molecular formula is C23H22N2O3. The first-order valence-corrected chi connectivity index (χ1v) is 9.22. The first-order chi connectivity index (χ1) is 13.6. The van der Waals surface area contributed by atoms with Crippen molar-refractivity contribution in [2.75, 3.05) is 6.61 Å². The van der Waals surface area contributed by atoms with Gasteiger partial charge in [-0.1, -0.05) is 42.5 Å². The van der Waals surface area contributed by atoms with Crippen molar-refractivity contribution in [3.05, 3.63) is 77.4 Å². The fraction of sp³-hybridized carbons (Fsp3) is 0.174. The number of aromatic nitrogens is 1. The van der Waals surface area contributed by atoms with Crippen LogP contribution in [0, 0.1) is 6.92 Å². The summed E-state index contributed by atoms with van der Waals surface area (Å²) >= 11 is 0. The Morgan fingerprint density at radius 3 is 2.36 bits per heavy atom. The average molecular weight is 374 g/mol. The number of ether oxygens (including phenoxy) is 1. The molecule has 0 radical (unpaired) electrons. The minimum atomic E-state index is -1.00. The number of carboxylic acids is 1. The summed E-state index contributed by atoms with van der Waals surface area (Å²) in [5.41, 5.74) is 11.6. The number of carbonyl (C=O) groups is 1. The summed E-state index contributed by atoms with van der Waals surface area (Å²) < 4.78 is 7.87. The van der Waals surface area contributed by atoms with Crippen LogP contribution in [0.3, 0.4) is 0 Å². The zero-order valence-corrected chi connectivity index (χ0v) is 15.7. The number of carboxylic acid groups (broad SMARTS) is 1. The van der Waals surface area contributed by atoms with Gasteiger partial charge in [-0.15, -0.1) is 0 Å². The average Bonchev–Trinajstić information content (AvgIpc) is 3.02. The molecule has 28 heavy (non-hydrogen) atoms. The van der Waals surface area contributed by atoms with Gasteiger partial charge in [0.25, 0.3) is 0 Å². The number of nitrogens with zero attached hydrogens (tertiary/aromatic N) is 1. The van der Waals surface area contributed by atoms with Gasteiger partial charge in [-0.3, -0.25) is 0 Å². The van der Waals surface area contributed by atoms with Crippen molar-refractivity contribution < 1.29 is 14.6 Å². The summed E-state index contributed by atoms with van der Waals surface area (Å²) in [4.78, 5) is 11.0. The molecule has 3 N–H and O–H groups in total. The highest BCUT2D eigenvalue weighted by Crippen LogP contribution is 2.38. The van der Waals surface area contributed by atoms with Gasteiger partial charge >= 0.3 is 5.97 Å². The molecule has 0 atom stereocenters. The van der Waals surface area contributed by atoms with Crippen LogP contribution in [0.15, 0.2) is 60.7 Å². The number of hydrogen-bond donors (Lipinski definition) is 2. The monoisotopic (exact) mass is 374 g/mol. The largest absolute Gasteiger partial charge is 0.481 e.